The monoisotopic (exact) mass is 331 g/mol. The van der Waals surface area contributed by atoms with Crippen molar-refractivity contribution in [3.8, 4) is 11.1 Å². The Morgan fingerprint density at radius 1 is 1.00 bits per heavy atom. The number of hydrogen-bond acceptors (Lipinski definition) is 5. The summed E-state index contributed by atoms with van der Waals surface area (Å²) in [6, 6.07) is 11.9. The smallest absolute Gasteiger partial charge is 0.330 e. The van der Waals surface area contributed by atoms with Gasteiger partial charge < -0.3 is 4.74 Å². The quantitative estimate of drug-likeness (QED) is 0.530. The molecular formula is C20H17N3O2. The molecule has 0 atom stereocenters. The molecule has 2 aromatic heterocycles. The van der Waals surface area contributed by atoms with Gasteiger partial charge in [0.15, 0.2) is 0 Å². The first-order valence-electron chi connectivity index (χ1n) is 7.79. The van der Waals surface area contributed by atoms with Crippen molar-refractivity contribution < 1.29 is 9.53 Å². The Hall–Kier alpha value is -3.34. The Bertz CT molecular complexity index is 860. The molecule has 124 valence electrons. The van der Waals surface area contributed by atoms with Gasteiger partial charge >= 0.3 is 5.97 Å². The Kier molecular flexibility index (Phi) is 5.26. The average Bonchev–Trinajstić information content (AvgIpc) is 2.69. The molecule has 0 amide bonds. The first-order valence-corrected chi connectivity index (χ1v) is 7.79. The molecule has 0 bridgehead atoms. The molecule has 0 radical (unpaired) electrons. The summed E-state index contributed by atoms with van der Waals surface area (Å²) < 4.78 is 4.77. The summed E-state index contributed by atoms with van der Waals surface area (Å²) in [5.74, 6) is -0.378. The molecule has 0 aliphatic rings. The molecule has 3 rings (SSSR count). The normalized spacial score (nSPS) is 11.2. The maximum absolute atomic E-state index is 11.7. The minimum atomic E-state index is -0.378. The zero-order valence-electron chi connectivity index (χ0n) is 13.8. The summed E-state index contributed by atoms with van der Waals surface area (Å²) >= 11 is 0. The second-order valence-corrected chi connectivity index (χ2v) is 5.44. The predicted molar refractivity (Wildman–Crippen MR) is 95.4 cm³/mol. The highest BCUT2D eigenvalue weighted by Crippen LogP contribution is 2.22. The molecule has 5 nitrogen and oxygen atoms in total. The number of rotatable bonds is 5. The Morgan fingerprint density at radius 3 is 2.40 bits per heavy atom. The van der Waals surface area contributed by atoms with Crippen LogP contribution in [0.2, 0.25) is 0 Å². The third kappa shape index (κ3) is 4.35. The van der Waals surface area contributed by atoms with Crippen LogP contribution in [0.4, 0.5) is 0 Å². The van der Waals surface area contributed by atoms with E-state index in [-0.39, 0.29) is 5.97 Å². The fourth-order valence-electron chi connectivity index (χ4n) is 2.47. The van der Waals surface area contributed by atoms with Crippen molar-refractivity contribution in [2.24, 2.45) is 0 Å². The maximum Gasteiger partial charge on any atom is 0.330 e. The van der Waals surface area contributed by atoms with E-state index in [0.717, 1.165) is 27.8 Å². The molecular weight excluding hydrogens is 314 g/mol. The average molecular weight is 331 g/mol. The number of carbonyl (C=O) groups is 1. The first-order chi connectivity index (χ1) is 12.3. The summed E-state index contributed by atoms with van der Waals surface area (Å²) in [6.45, 7) is 0. The number of ether oxygens (including phenoxy) is 1. The standard InChI is InChI=1S/C20H17N3O2/c1-25-20(24)10-18(17-3-2-8-21-11-17)9-15-4-6-16(7-5-15)19-12-22-14-23-13-19/h2-8,10-14H,9H2,1H3/b18-10-. The number of benzene rings is 1. The van der Waals surface area contributed by atoms with Gasteiger partial charge in [-0.25, -0.2) is 14.8 Å². The van der Waals surface area contributed by atoms with E-state index in [9.17, 15) is 4.79 Å². The van der Waals surface area contributed by atoms with Crippen LogP contribution < -0.4 is 0 Å². The van der Waals surface area contributed by atoms with E-state index in [4.69, 9.17) is 4.74 Å². The molecule has 5 heteroatoms. The zero-order valence-corrected chi connectivity index (χ0v) is 13.8. The second kappa shape index (κ2) is 7.97. The predicted octanol–water partition coefficient (Wildman–Crippen LogP) is 3.34. The number of carbonyl (C=O) groups excluding carboxylic acids is 1. The van der Waals surface area contributed by atoms with Gasteiger partial charge in [-0.3, -0.25) is 4.98 Å². The number of hydrogen-bond donors (Lipinski definition) is 0. The molecule has 0 spiro atoms. The third-order valence-electron chi connectivity index (χ3n) is 3.77. The first kappa shape index (κ1) is 16.5. The lowest BCUT2D eigenvalue weighted by atomic mass is 9.97. The molecule has 3 aromatic rings. The highest BCUT2D eigenvalue weighted by Gasteiger charge is 2.07. The number of esters is 1. The molecule has 0 saturated carbocycles. The minimum absolute atomic E-state index is 0.378. The Morgan fingerprint density at radius 2 is 1.76 bits per heavy atom. The topological polar surface area (TPSA) is 65.0 Å². The van der Waals surface area contributed by atoms with Gasteiger partial charge in [0.05, 0.1) is 7.11 Å². The molecule has 1 aromatic carbocycles. The van der Waals surface area contributed by atoms with Gasteiger partial charge in [-0.1, -0.05) is 30.3 Å². The molecule has 0 N–H and O–H groups in total. The van der Waals surface area contributed by atoms with Crippen LogP contribution in [-0.2, 0) is 16.0 Å². The molecule has 0 aliphatic heterocycles. The van der Waals surface area contributed by atoms with E-state index in [1.165, 1.54) is 19.5 Å². The van der Waals surface area contributed by atoms with Gasteiger partial charge in [0.25, 0.3) is 0 Å². The van der Waals surface area contributed by atoms with Crippen LogP contribution in [0, 0.1) is 0 Å². The number of aromatic nitrogens is 3. The van der Waals surface area contributed by atoms with Crippen molar-refractivity contribution in [1.82, 2.24) is 15.0 Å². The molecule has 0 aliphatic carbocycles. The Labute approximate surface area is 146 Å². The van der Waals surface area contributed by atoms with Crippen molar-refractivity contribution in [1.29, 1.82) is 0 Å². The van der Waals surface area contributed by atoms with Crippen molar-refractivity contribution in [2.45, 2.75) is 6.42 Å². The highest BCUT2D eigenvalue weighted by molar-refractivity contribution is 5.91. The fourth-order valence-corrected chi connectivity index (χ4v) is 2.47. The lowest BCUT2D eigenvalue weighted by molar-refractivity contribution is -0.134. The molecule has 0 saturated heterocycles. The van der Waals surface area contributed by atoms with Crippen LogP contribution in [0.5, 0.6) is 0 Å². The number of allylic oxidation sites excluding steroid dienone is 1. The second-order valence-electron chi connectivity index (χ2n) is 5.44. The Balaban J connectivity index is 1.85. The summed E-state index contributed by atoms with van der Waals surface area (Å²) in [5, 5.41) is 0. The largest absolute Gasteiger partial charge is 0.466 e. The van der Waals surface area contributed by atoms with Crippen molar-refractivity contribution in [3.05, 3.63) is 84.7 Å². The van der Waals surface area contributed by atoms with Crippen molar-refractivity contribution in [2.75, 3.05) is 7.11 Å². The number of methoxy groups -OCH3 is 1. The van der Waals surface area contributed by atoms with Crippen molar-refractivity contribution in [3.63, 3.8) is 0 Å². The molecule has 0 unspecified atom stereocenters. The van der Waals surface area contributed by atoms with Crippen LogP contribution in [0.15, 0.2) is 73.6 Å². The van der Waals surface area contributed by atoms with Gasteiger partial charge in [0, 0.05) is 36.4 Å². The molecule has 0 fully saturated rings. The van der Waals surface area contributed by atoms with Gasteiger partial charge in [-0.2, -0.15) is 0 Å². The lowest BCUT2D eigenvalue weighted by Crippen LogP contribution is -2.00. The zero-order chi connectivity index (χ0) is 17.5. The van der Waals surface area contributed by atoms with Gasteiger partial charge in [-0.15, -0.1) is 0 Å². The minimum Gasteiger partial charge on any atom is -0.466 e. The van der Waals surface area contributed by atoms with E-state index in [1.807, 2.05) is 36.4 Å². The SMILES string of the molecule is COC(=O)/C=C(/Cc1ccc(-c2cncnc2)cc1)c1cccnc1. The summed E-state index contributed by atoms with van der Waals surface area (Å²) in [7, 11) is 1.37. The summed E-state index contributed by atoms with van der Waals surface area (Å²) in [5.41, 5.74) is 4.85. The van der Waals surface area contributed by atoms with Gasteiger partial charge in [0.1, 0.15) is 6.33 Å². The molecule has 25 heavy (non-hydrogen) atoms. The van der Waals surface area contributed by atoms with Crippen LogP contribution in [-0.4, -0.2) is 28.0 Å². The van der Waals surface area contributed by atoms with Crippen LogP contribution in [0.1, 0.15) is 11.1 Å². The lowest BCUT2D eigenvalue weighted by Gasteiger charge is -2.09. The number of nitrogens with zero attached hydrogens (tertiary/aromatic N) is 3. The van der Waals surface area contributed by atoms with E-state index < -0.39 is 0 Å². The number of pyridine rings is 1. The van der Waals surface area contributed by atoms with E-state index >= 15 is 0 Å². The summed E-state index contributed by atoms with van der Waals surface area (Å²) in [6.07, 6.45) is 10.6. The van der Waals surface area contributed by atoms with E-state index in [0.29, 0.717) is 6.42 Å². The van der Waals surface area contributed by atoms with Crippen molar-refractivity contribution >= 4 is 11.5 Å². The molecule has 2 heterocycles. The summed E-state index contributed by atoms with van der Waals surface area (Å²) in [4.78, 5) is 23.9. The van der Waals surface area contributed by atoms with Crippen LogP contribution >= 0.6 is 0 Å². The van der Waals surface area contributed by atoms with Gasteiger partial charge in [0.2, 0.25) is 0 Å². The third-order valence-corrected chi connectivity index (χ3v) is 3.77. The van der Waals surface area contributed by atoms with Crippen LogP contribution in [0.3, 0.4) is 0 Å². The van der Waals surface area contributed by atoms with Gasteiger partial charge in [-0.05, 0) is 34.8 Å². The van der Waals surface area contributed by atoms with E-state index in [1.54, 1.807) is 24.8 Å². The fraction of sp³-hybridized carbons (Fsp3) is 0.100. The van der Waals surface area contributed by atoms with Crippen LogP contribution in [0.25, 0.3) is 16.7 Å². The maximum atomic E-state index is 11.7. The van der Waals surface area contributed by atoms with E-state index in [2.05, 4.69) is 15.0 Å². The highest BCUT2D eigenvalue weighted by atomic mass is 16.5.